The molecule has 112 valence electrons. The number of hydrogen-bond acceptors (Lipinski definition) is 4. The van der Waals surface area contributed by atoms with Crippen LogP contribution in [0.3, 0.4) is 0 Å². The average molecular weight is 306 g/mol. The van der Waals surface area contributed by atoms with E-state index in [1.807, 2.05) is 0 Å². The standard InChI is InChI=1S/C14H9F3N4O/c15-14(16,17)8-5-6-10(18-7-8)13-19-12(20-21-13)9-3-1-2-4-11(9)22/h1-7,22H,(H,19,20,21). The molecule has 8 heteroatoms. The van der Waals surface area contributed by atoms with E-state index in [4.69, 9.17) is 0 Å². The lowest BCUT2D eigenvalue weighted by molar-refractivity contribution is -0.137. The van der Waals surface area contributed by atoms with Crippen LogP contribution in [-0.4, -0.2) is 25.3 Å². The first-order valence-corrected chi connectivity index (χ1v) is 6.19. The van der Waals surface area contributed by atoms with E-state index in [1.165, 1.54) is 12.1 Å². The van der Waals surface area contributed by atoms with Crippen LogP contribution in [0.2, 0.25) is 0 Å². The number of halogens is 3. The predicted molar refractivity (Wildman–Crippen MR) is 71.7 cm³/mol. The zero-order valence-electron chi connectivity index (χ0n) is 11.0. The quantitative estimate of drug-likeness (QED) is 0.762. The molecular formula is C14H9F3N4O. The number of nitrogens with zero attached hydrogens (tertiary/aromatic N) is 3. The fourth-order valence-corrected chi connectivity index (χ4v) is 1.86. The number of alkyl halides is 3. The van der Waals surface area contributed by atoms with Gasteiger partial charge in [0.05, 0.1) is 11.1 Å². The molecule has 2 aromatic heterocycles. The van der Waals surface area contributed by atoms with Crippen molar-refractivity contribution in [2.45, 2.75) is 6.18 Å². The van der Waals surface area contributed by atoms with Gasteiger partial charge in [0, 0.05) is 6.20 Å². The van der Waals surface area contributed by atoms with E-state index in [0.717, 1.165) is 12.3 Å². The Morgan fingerprint density at radius 3 is 2.45 bits per heavy atom. The van der Waals surface area contributed by atoms with Crippen molar-refractivity contribution in [3.05, 3.63) is 48.2 Å². The molecule has 0 spiro atoms. The number of pyridine rings is 1. The number of hydrogen-bond donors (Lipinski definition) is 2. The van der Waals surface area contributed by atoms with Crippen molar-refractivity contribution in [1.29, 1.82) is 0 Å². The maximum absolute atomic E-state index is 12.5. The highest BCUT2D eigenvalue weighted by molar-refractivity contribution is 5.65. The lowest BCUT2D eigenvalue weighted by atomic mass is 10.2. The summed E-state index contributed by atoms with van der Waals surface area (Å²) in [5, 5.41) is 16.3. The average Bonchev–Trinajstić information content (AvgIpc) is 2.96. The van der Waals surface area contributed by atoms with Gasteiger partial charge in [0.25, 0.3) is 0 Å². The zero-order chi connectivity index (χ0) is 15.7. The summed E-state index contributed by atoms with van der Waals surface area (Å²) in [6.07, 6.45) is -3.71. The number of benzene rings is 1. The number of rotatable bonds is 2. The third kappa shape index (κ3) is 2.62. The smallest absolute Gasteiger partial charge is 0.417 e. The van der Waals surface area contributed by atoms with Crippen LogP contribution in [-0.2, 0) is 6.18 Å². The van der Waals surface area contributed by atoms with Crippen molar-refractivity contribution in [3.63, 3.8) is 0 Å². The van der Waals surface area contributed by atoms with Gasteiger partial charge < -0.3 is 5.11 Å². The van der Waals surface area contributed by atoms with Gasteiger partial charge in [-0.15, -0.1) is 0 Å². The number of para-hydroxylation sites is 1. The van der Waals surface area contributed by atoms with Crippen LogP contribution < -0.4 is 0 Å². The van der Waals surface area contributed by atoms with Crippen molar-refractivity contribution in [1.82, 2.24) is 20.2 Å². The number of aromatic nitrogens is 4. The summed E-state index contributed by atoms with van der Waals surface area (Å²) in [7, 11) is 0. The van der Waals surface area contributed by atoms with Crippen LogP contribution in [0.15, 0.2) is 42.6 Å². The monoisotopic (exact) mass is 306 g/mol. The second-order valence-electron chi connectivity index (χ2n) is 4.45. The largest absolute Gasteiger partial charge is 0.507 e. The van der Waals surface area contributed by atoms with E-state index in [0.29, 0.717) is 11.4 Å². The molecule has 3 rings (SSSR count). The first-order valence-electron chi connectivity index (χ1n) is 6.19. The molecule has 2 heterocycles. The molecule has 0 fully saturated rings. The predicted octanol–water partition coefficient (Wildman–Crippen LogP) is 3.26. The molecule has 0 radical (unpaired) electrons. The highest BCUT2D eigenvalue weighted by Crippen LogP contribution is 2.30. The Balaban J connectivity index is 1.93. The van der Waals surface area contributed by atoms with E-state index in [2.05, 4.69) is 20.2 Å². The van der Waals surface area contributed by atoms with Crippen molar-refractivity contribution in [3.8, 4) is 28.7 Å². The molecule has 0 saturated carbocycles. The molecule has 0 saturated heterocycles. The zero-order valence-corrected chi connectivity index (χ0v) is 11.0. The van der Waals surface area contributed by atoms with E-state index < -0.39 is 11.7 Å². The van der Waals surface area contributed by atoms with E-state index in [1.54, 1.807) is 18.2 Å². The van der Waals surface area contributed by atoms with Crippen molar-refractivity contribution >= 4 is 0 Å². The molecule has 0 amide bonds. The number of phenols is 1. The van der Waals surface area contributed by atoms with Gasteiger partial charge in [-0.3, -0.25) is 10.1 Å². The fourth-order valence-electron chi connectivity index (χ4n) is 1.86. The molecule has 0 atom stereocenters. The Hall–Kier alpha value is -2.90. The van der Waals surface area contributed by atoms with Crippen molar-refractivity contribution < 1.29 is 18.3 Å². The van der Waals surface area contributed by atoms with Crippen LogP contribution >= 0.6 is 0 Å². The summed E-state index contributed by atoms with van der Waals surface area (Å²) in [6.45, 7) is 0. The first kappa shape index (κ1) is 14.1. The summed E-state index contributed by atoms with van der Waals surface area (Å²) in [4.78, 5) is 7.85. The Labute approximate surface area is 122 Å². The Morgan fingerprint density at radius 1 is 1.05 bits per heavy atom. The normalized spacial score (nSPS) is 11.6. The SMILES string of the molecule is Oc1ccccc1-c1nc(-c2ccc(C(F)(F)F)cn2)n[nH]1. The molecule has 1 aromatic carbocycles. The number of phenolic OH excluding ortho intramolecular Hbond substituents is 1. The second kappa shape index (κ2) is 5.14. The maximum Gasteiger partial charge on any atom is 0.417 e. The minimum atomic E-state index is -4.44. The molecule has 0 unspecified atom stereocenters. The second-order valence-corrected chi connectivity index (χ2v) is 4.45. The highest BCUT2D eigenvalue weighted by atomic mass is 19.4. The van der Waals surface area contributed by atoms with Gasteiger partial charge in [-0.05, 0) is 24.3 Å². The number of aromatic hydroxyl groups is 1. The molecule has 0 aliphatic carbocycles. The fraction of sp³-hybridized carbons (Fsp3) is 0.0714. The van der Waals surface area contributed by atoms with Crippen LogP contribution in [0.1, 0.15) is 5.56 Å². The van der Waals surface area contributed by atoms with Crippen molar-refractivity contribution in [2.24, 2.45) is 0 Å². The Bertz CT molecular complexity index is 796. The van der Waals surface area contributed by atoms with Gasteiger partial charge in [0.1, 0.15) is 11.4 Å². The lowest BCUT2D eigenvalue weighted by Crippen LogP contribution is -2.05. The van der Waals surface area contributed by atoms with Crippen LogP contribution in [0, 0.1) is 0 Å². The van der Waals surface area contributed by atoms with Gasteiger partial charge in [0.2, 0.25) is 0 Å². The third-order valence-electron chi connectivity index (χ3n) is 2.96. The first-order chi connectivity index (χ1) is 10.4. The summed E-state index contributed by atoms with van der Waals surface area (Å²) >= 11 is 0. The van der Waals surface area contributed by atoms with E-state index in [-0.39, 0.29) is 17.3 Å². The minimum Gasteiger partial charge on any atom is -0.507 e. The van der Waals surface area contributed by atoms with Crippen molar-refractivity contribution in [2.75, 3.05) is 0 Å². The van der Waals surface area contributed by atoms with E-state index in [9.17, 15) is 18.3 Å². The molecule has 0 bridgehead atoms. The van der Waals surface area contributed by atoms with Gasteiger partial charge in [-0.2, -0.15) is 18.3 Å². The van der Waals surface area contributed by atoms with Crippen LogP contribution in [0.5, 0.6) is 5.75 Å². The molecule has 22 heavy (non-hydrogen) atoms. The summed E-state index contributed by atoms with van der Waals surface area (Å²) in [5.41, 5.74) is -0.202. The maximum atomic E-state index is 12.5. The molecule has 5 nitrogen and oxygen atoms in total. The summed E-state index contributed by atoms with van der Waals surface area (Å²) in [5.74, 6) is 0.465. The Morgan fingerprint density at radius 2 is 1.82 bits per heavy atom. The molecular weight excluding hydrogens is 297 g/mol. The van der Waals surface area contributed by atoms with Crippen LogP contribution in [0.25, 0.3) is 22.9 Å². The molecule has 2 N–H and O–H groups in total. The molecule has 0 aliphatic heterocycles. The van der Waals surface area contributed by atoms with Crippen LogP contribution in [0.4, 0.5) is 13.2 Å². The van der Waals surface area contributed by atoms with Gasteiger partial charge >= 0.3 is 6.18 Å². The third-order valence-corrected chi connectivity index (χ3v) is 2.96. The topological polar surface area (TPSA) is 74.7 Å². The highest BCUT2D eigenvalue weighted by Gasteiger charge is 2.30. The van der Waals surface area contributed by atoms with Gasteiger partial charge in [-0.25, -0.2) is 4.98 Å². The van der Waals surface area contributed by atoms with E-state index >= 15 is 0 Å². The molecule has 3 aromatic rings. The summed E-state index contributed by atoms with van der Waals surface area (Å²) in [6, 6.07) is 8.62. The number of H-pyrrole nitrogens is 1. The minimum absolute atomic E-state index is 0.0191. The van der Waals surface area contributed by atoms with Gasteiger partial charge in [-0.1, -0.05) is 12.1 Å². The summed E-state index contributed by atoms with van der Waals surface area (Å²) < 4.78 is 37.5. The Kier molecular flexibility index (Phi) is 3.28. The molecule has 0 aliphatic rings. The number of nitrogens with one attached hydrogen (secondary N) is 1. The lowest BCUT2D eigenvalue weighted by Gasteiger charge is -2.05. The number of aromatic amines is 1. The van der Waals surface area contributed by atoms with Gasteiger partial charge in [0.15, 0.2) is 11.6 Å².